The van der Waals surface area contributed by atoms with E-state index < -0.39 is 6.10 Å². The third-order valence-corrected chi connectivity index (χ3v) is 5.90. The van der Waals surface area contributed by atoms with E-state index in [1.807, 2.05) is 0 Å². The number of rotatable bonds is 5. The quantitative estimate of drug-likeness (QED) is 0.885. The number of ether oxygens (including phenoxy) is 2. The first kappa shape index (κ1) is 18.5. The molecule has 3 rings (SSSR count). The van der Waals surface area contributed by atoms with Crippen molar-refractivity contribution in [3.8, 4) is 5.75 Å². The van der Waals surface area contributed by atoms with Crippen molar-refractivity contribution >= 4 is 5.69 Å². The average molecular weight is 347 g/mol. The van der Waals surface area contributed by atoms with Gasteiger partial charge < -0.3 is 19.5 Å². The van der Waals surface area contributed by atoms with Gasteiger partial charge in [-0.1, -0.05) is 19.8 Å². The minimum absolute atomic E-state index is 0.370. The number of anilines is 1. The number of hydrogen-bond acceptors (Lipinski definition) is 4. The van der Waals surface area contributed by atoms with Crippen molar-refractivity contribution in [2.45, 2.75) is 58.5 Å². The lowest BCUT2D eigenvalue weighted by Crippen LogP contribution is -2.40. The van der Waals surface area contributed by atoms with Crippen LogP contribution in [0, 0.1) is 12.8 Å². The van der Waals surface area contributed by atoms with Gasteiger partial charge in [-0.15, -0.1) is 0 Å². The summed E-state index contributed by atoms with van der Waals surface area (Å²) in [6.45, 7) is 7.04. The topological polar surface area (TPSA) is 41.9 Å². The van der Waals surface area contributed by atoms with Crippen molar-refractivity contribution in [3.63, 3.8) is 0 Å². The first-order valence-electron chi connectivity index (χ1n) is 9.84. The minimum Gasteiger partial charge on any atom is -0.490 e. The molecule has 1 aliphatic carbocycles. The summed E-state index contributed by atoms with van der Waals surface area (Å²) in [6, 6.07) is 2.28. The van der Waals surface area contributed by atoms with Crippen LogP contribution in [0.4, 0.5) is 5.69 Å². The van der Waals surface area contributed by atoms with Gasteiger partial charge in [0.1, 0.15) is 12.4 Å². The lowest BCUT2D eigenvalue weighted by atomic mass is 9.83. The highest BCUT2D eigenvalue weighted by Crippen LogP contribution is 2.41. The van der Waals surface area contributed by atoms with Crippen molar-refractivity contribution < 1.29 is 14.6 Å². The van der Waals surface area contributed by atoms with Crippen LogP contribution in [0.2, 0.25) is 0 Å². The molecule has 25 heavy (non-hydrogen) atoms. The first-order chi connectivity index (χ1) is 12.1. The molecule has 2 atom stereocenters. The summed E-state index contributed by atoms with van der Waals surface area (Å²) in [6.07, 6.45) is 7.06. The van der Waals surface area contributed by atoms with Crippen LogP contribution < -0.4 is 9.64 Å². The normalized spacial score (nSPS) is 21.6. The Morgan fingerprint density at radius 1 is 1.36 bits per heavy atom. The maximum absolute atomic E-state index is 10.2. The van der Waals surface area contributed by atoms with Crippen LogP contribution in [0.25, 0.3) is 0 Å². The third-order valence-electron chi connectivity index (χ3n) is 5.90. The van der Waals surface area contributed by atoms with Crippen molar-refractivity contribution in [1.82, 2.24) is 0 Å². The van der Waals surface area contributed by atoms with E-state index in [1.54, 1.807) is 7.11 Å². The molecule has 1 heterocycles. The molecule has 1 aromatic carbocycles. The molecule has 0 aromatic heterocycles. The summed E-state index contributed by atoms with van der Waals surface area (Å²) >= 11 is 0. The van der Waals surface area contributed by atoms with E-state index in [0.717, 1.165) is 24.6 Å². The Kier molecular flexibility index (Phi) is 6.24. The molecule has 1 N–H and O–H groups in total. The monoisotopic (exact) mass is 347 g/mol. The molecule has 1 aromatic rings. The van der Waals surface area contributed by atoms with Crippen LogP contribution in [0.3, 0.4) is 0 Å². The number of hydrogen-bond donors (Lipinski definition) is 1. The molecular formula is C21H33NO3. The van der Waals surface area contributed by atoms with Crippen LogP contribution in [0.15, 0.2) is 6.07 Å². The highest BCUT2D eigenvalue weighted by molar-refractivity contribution is 5.69. The van der Waals surface area contributed by atoms with Gasteiger partial charge >= 0.3 is 0 Å². The fourth-order valence-corrected chi connectivity index (χ4v) is 4.50. The van der Waals surface area contributed by atoms with Crippen LogP contribution in [0.1, 0.15) is 49.3 Å². The molecule has 2 aliphatic rings. The minimum atomic E-state index is -0.471. The maximum Gasteiger partial charge on any atom is 0.143 e. The molecule has 4 heteroatoms. The van der Waals surface area contributed by atoms with Gasteiger partial charge in [0.2, 0.25) is 0 Å². The predicted octanol–water partition coefficient (Wildman–Crippen LogP) is 3.50. The van der Waals surface area contributed by atoms with Crippen LogP contribution in [0.5, 0.6) is 5.75 Å². The van der Waals surface area contributed by atoms with E-state index >= 15 is 0 Å². The molecule has 0 radical (unpaired) electrons. The summed E-state index contributed by atoms with van der Waals surface area (Å²) in [7, 11) is 1.63. The SMILES string of the molecule is CCC1CCCc2cc3c(c(C)c2CC1)N(CC(O)COC)CCO3. The maximum atomic E-state index is 10.2. The molecule has 0 saturated heterocycles. The molecule has 140 valence electrons. The summed E-state index contributed by atoms with van der Waals surface area (Å²) < 4.78 is 11.1. The largest absolute Gasteiger partial charge is 0.490 e. The highest BCUT2D eigenvalue weighted by Gasteiger charge is 2.26. The molecule has 4 nitrogen and oxygen atoms in total. The van der Waals surface area contributed by atoms with Crippen LogP contribution >= 0.6 is 0 Å². The van der Waals surface area contributed by atoms with Gasteiger partial charge in [0.25, 0.3) is 0 Å². The van der Waals surface area contributed by atoms with E-state index in [4.69, 9.17) is 9.47 Å². The number of aliphatic hydroxyl groups excluding tert-OH is 1. The molecule has 0 amide bonds. The molecule has 1 aliphatic heterocycles. The smallest absolute Gasteiger partial charge is 0.143 e. The van der Waals surface area contributed by atoms with E-state index in [9.17, 15) is 5.11 Å². The highest BCUT2D eigenvalue weighted by atomic mass is 16.5. The Labute approximate surface area is 152 Å². The number of fused-ring (bicyclic) bond motifs is 2. The Morgan fingerprint density at radius 2 is 2.20 bits per heavy atom. The van der Waals surface area contributed by atoms with E-state index in [0.29, 0.717) is 19.8 Å². The van der Waals surface area contributed by atoms with Gasteiger partial charge in [-0.2, -0.15) is 0 Å². The van der Waals surface area contributed by atoms with Crippen molar-refractivity contribution in [2.24, 2.45) is 5.92 Å². The summed E-state index contributed by atoms with van der Waals surface area (Å²) in [5.41, 5.74) is 5.54. The second-order valence-electron chi connectivity index (χ2n) is 7.59. The second-order valence-corrected chi connectivity index (χ2v) is 7.59. The summed E-state index contributed by atoms with van der Waals surface area (Å²) in [5, 5.41) is 10.2. The van der Waals surface area contributed by atoms with Crippen molar-refractivity contribution in [1.29, 1.82) is 0 Å². The number of methoxy groups -OCH3 is 1. The Morgan fingerprint density at radius 3 is 2.96 bits per heavy atom. The van der Waals surface area contributed by atoms with E-state index in [1.165, 1.54) is 54.5 Å². The number of benzene rings is 1. The van der Waals surface area contributed by atoms with Crippen molar-refractivity contribution in [3.05, 3.63) is 22.8 Å². The van der Waals surface area contributed by atoms with Gasteiger partial charge in [-0.25, -0.2) is 0 Å². The summed E-state index contributed by atoms with van der Waals surface area (Å²) in [5.74, 6) is 1.86. The Hall–Kier alpha value is -1.26. The molecule has 0 saturated carbocycles. The second kappa shape index (κ2) is 8.41. The number of aliphatic hydroxyl groups is 1. The summed E-state index contributed by atoms with van der Waals surface area (Å²) in [4.78, 5) is 2.29. The molecular weight excluding hydrogens is 314 g/mol. The standard InChI is InChI=1S/C21H33NO3/c1-4-16-6-5-7-17-12-20-21(15(2)19(17)9-8-16)22(10-11-25-20)13-18(23)14-24-3/h12,16,18,23H,4-11,13-14H2,1-3H3. The van der Waals surface area contributed by atoms with Gasteiger partial charge in [0, 0.05) is 13.7 Å². The zero-order chi connectivity index (χ0) is 17.8. The van der Waals surface area contributed by atoms with Crippen molar-refractivity contribution in [2.75, 3.05) is 38.3 Å². The fraction of sp³-hybridized carbons (Fsp3) is 0.714. The number of aryl methyl sites for hydroxylation is 1. The first-order valence-corrected chi connectivity index (χ1v) is 9.84. The average Bonchev–Trinajstić information content (AvgIpc) is 2.57. The lowest BCUT2D eigenvalue weighted by molar-refractivity contribution is 0.0678. The molecule has 0 spiro atoms. The molecule has 0 bridgehead atoms. The van der Waals surface area contributed by atoms with Crippen LogP contribution in [-0.4, -0.2) is 44.6 Å². The molecule has 2 unspecified atom stereocenters. The third kappa shape index (κ3) is 4.12. The number of β-amino-alcohol motifs (C(OH)–C–C–N with tert-alkyl or cyclic N) is 1. The van der Waals surface area contributed by atoms with E-state index in [2.05, 4.69) is 24.8 Å². The zero-order valence-electron chi connectivity index (χ0n) is 16.0. The lowest BCUT2D eigenvalue weighted by Gasteiger charge is -2.36. The van der Waals surface area contributed by atoms with E-state index in [-0.39, 0.29) is 0 Å². The Balaban J connectivity index is 1.91. The van der Waals surface area contributed by atoms with Crippen LogP contribution in [-0.2, 0) is 17.6 Å². The molecule has 0 fully saturated rings. The van der Waals surface area contributed by atoms with Gasteiger partial charge in [0.05, 0.1) is 24.9 Å². The van der Waals surface area contributed by atoms with Gasteiger partial charge in [-0.3, -0.25) is 0 Å². The number of nitrogens with zero attached hydrogens (tertiary/aromatic N) is 1. The Bertz CT molecular complexity index is 587. The van der Waals surface area contributed by atoms with Gasteiger partial charge in [0.15, 0.2) is 0 Å². The van der Waals surface area contributed by atoms with Gasteiger partial charge in [-0.05, 0) is 61.3 Å². The predicted molar refractivity (Wildman–Crippen MR) is 102 cm³/mol. The zero-order valence-corrected chi connectivity index (χ0v) is 16.0. The fourth-order valence-electron chi connectivity index (χ4n) is 4.50.